The normalized spacial score (nSPS) is 20.7. The molecule has 1 N–H and O–H groups in total. The molecule has 2 aromatic carbocycles. The van der Waals surface area contributed by atoms with Crippen LogP contribution in [0.15, 0.2) is 47.6 Å². The highest BCUT2D eigenvalue weighted by Gasteiger charge is 2.44. The van der Waals surface area contributed by atoms with Crippen LogP contribution >= 0.6 is 0 Å². The average molecular weight is 324 g/mol. The molecule has 0 spiro atoms. The Bertz CT molecular complexity index is 829. The molecular weight excluding hydrogens is 304 g/mol. The fourth-order valence-corrected chi connectivity index (χ4v) is 3.45. The van der Waals surface area contributed by atoms with Crippen molar-refractivity contribution in [3.8, 4) is 17.2 Å². The van der Waals surface area contributed by atoms with E-state index in [-0.39, 0.29) is 11.8 Å². The zero-order chi connectivity index (χ0) is 16.9. The number of ether oxygens (including phenoxy) is 2. The first-order chi connectivity index (χ1) is 11.5. The van der Waals surface area contributed by atoms with Crippen molar-refractivity contribution >= 4 is 5.71 Å². The summed E-state index contributed by atoms with van der Waals surface area (Å²) in [5, 5.41) is 17.0. The molecule has 4 rings (SSSR count). The van der Waals surface area contributed by atoms with E-state index in [1.54, 1.807) is 19.2 Å². The molecule has 2 aliphatic heterocycles. The summed E-state index contributed by atoms with van der Waals surface area (Å²) >= 11 is 0. The van der Waals surface area contributed by atoms with Gasteiger partial charge in [0.15, 0.2) is 5.72 Å². The number of nitrogens with zero attached hydrogens (tertiary/aromatic N) is 2. The van der Waals surface area contributed by atoms with Crippen molar-refractivity contribution in [2.45, 2.75) is 32.0 Å². The highest BCUT2D eigenvalue weighted by atomic mass is 16.5. The molecule has 24 heavy (non-hydrogen) atoms. The number of hydrazone groups is 1. The third-order valence-electron chi connectivity index (χ3n) is 4.61. The maximum Gasteiger partial charge on any atom is 0.192 e. The third kappa shape index (κ3) is 2.19. The lowest BCUT2D eigenvalue weighted by atomic mass is 9.95. The van der Waals surface area contributed by atoms with Crippen molar-refractivity contribution in [3.05, 3.63) is 53.6 Å². The number of hydrogen-bond acceptors (Lipinski definition) is 5. The molecule has 0 saturated carbocycles. The molecule has 0 amide bonds. The molecular formula is C19H20N2O3. The molecule has 1 atom stereocenters. The van der Waals surface area contributed by atoms with Crippen molar-refractivity contribution < 1.29 is 14.6 Å². The average Bonchev–Trinajstić information content (AvgIpc) is 3.01. The van der Waals surface area contributed by atoms with E-state index in [1.807, 2.05) is 43.1 Å². The molecule has 2 aromatic rings. The van der Waals surface area contributed by atoms with Crippen LogP contribution < -0.4 is 9.47 Å². The molecule has 2 heterocycles. The number of para-hydroxylation sites is 1. The molecule has 0 fully saturated rings. The van der Waals surface area contributed by atoms with Crippen molar-refractivity contribution in [1.82, 2.24) is 5.01 Å². The Morgan fingerprint density at radius 2 is 2.04 bits per heavy atom. The number of aromatic hydroxyl groups is 1. The van der Waals surface area contributed by atoms with Crippen LogP contribution in [-0.4, -0.2) is 28.7 Å². The van der Waals surface area contributed by atoms with Crippen LogP contribution in [0.2, 0.25) is 0 Å². The van der Waals surface area contributed by atoms with Gasteiger partial charge in [-0.3, -0.25) is 0 Å². The molecule has 5 heteroatoms. The molecule has 0 bridgehead atoms. The van der Waals surface area contributed by atoms with Gasteiger partial charge in [0.2, 0.25) is 0 Å². The second kappa shape index (κ2) is 5.16. The summed E-state index contributed by atoms with van der Waals surface area (Å²) in [6, 6.07) is 13.4. The SMILES string of the molecule is COc1ccc(O)c(C2=NN3[C@H](C2)c2ccccc2OC3(C)C)c1. The Hall–Kier alpha value is -2.69. The first-order valence-corrected chi connectivity index (χ1v) is 8.02. The predicted octanol–water partition coefficient (Wildman–Crippen LogP) is 3.68. The number of benzene rings is 2. The second-order valence-electron chi connectivity index (χ2n) is 6.58. The largest absolute Gasteiger partial charge is 0.507 e. The lowest BCUT2D eigenvalue weighted by Gasteiger charge is -2.43. The minimum atomic E-state index is -0.546. The van der Waals surface area contributed by atoms with Crippen LogP contribution in [0, 0.1) is 0 Å². The van der Waals surface area contributed by atoms with Gasteiger partial charge >= 0.3 is 0 Å². The molecule has 124 valence electrons. The second-order valence-corrected chi connectivity index (χ2v) is 6.58. The maximum absolute atomic E-state index is 10.3. The van der Waals surface area contributed by atoms with Crippen molar-refractivity contribution in [3.63, 3.8) is 0 Å². The van der Waals surface area contributed by atoms with Gasteiger partial charge in [-0.1, -0.05) is 18.2 Å². The summed E-state index contributed by atoms with van der Waals surface area (Å²) in [6.07, 6.45) is 0.713. The number of methoxy groups -OCH3 is 1. The third-order valence-corrected chi connectivity index (χ3v) is 4.61. The van der Waals surface area contributed by atoms with E-state index in [0.717, 1.165) is 17.0 Å². The molecule has 0 saturated heterocycles. The first-order valence-electron chi connectivity index (χ1n) is 8.02. The van der Waals surface area contributed by atoms with Crippen LogP contribution in [0.4, 0.5) is 0 Å². The number of fused-ring (bicyclic) bond motifs is 3. The summed E-state index contributed by atoms with van der Waals surface area (Å²) in [7, 11) is 1.61. The van der Waals surface area contributed by atoms with Gasteiger partial charge in [-0.05, 0) is 38.1 Å². The highest BCUT2D eigenvalue weighted by molar-refractivity contribution is 6.04. The van der Waals surface area contributed by atoms with Gasteiger partial charge in [-0.2, -0.15) is 5.10 Å². The first kappa shape index (κ1) is 14.9. The predicted molar refractivity (Wildman–Crippen MR) is 91.5 cm³/mol. The van der Waals surface area contributed by atoms with Crippen LogP contribution in [0.3, 0.4) is 0 Å². The standard InChI is InChI=1S/C19H20N2O3/c1-19(2)21-16(13-6-4-5-7-18(13)24-19)11-15(20-21)14-10-12(23-3)8-9-17(14)22/h4-10,16,22H,11H2,1-3H3/t16-/m1/s1. The van der Waals surface area contributed by atoms with Crippen LogP contribution in [-0.2, 0) is 0 Å². The Kier molecular flexibility index (Phi) is 3.20. The molecule has 2 aliphatic rings. The van der Waals surface area contributed by atoms with E-state index in [9.17, 15) is 5.11 Å². The monoisotopic (exact) mass is 324 g/mol. The summed E-state index contributed by atoms with van der Waals surface area (Å²) in [5.41, 5.74) is 2.12. The Labute approximate surface area is 141 Å². The lowest BCUT2D eigenvalue weighted by molar-refractivity contribution is -0.0911. The topological polar surface area (TPSA) is 54.3 Å². The number of phenols is 1. The van der Waals surface area contributed by atoms with Crippen molar-refractivity contribution in [2.75, 3.05) is 7.11 Å². The van der Waals surface area contributed by atoms with Crippen LogP contribution in [0.25, 0.3) is 0 Å². The molecule has 5 nitrogen and oxygen atoms in total. The molecule has 0 radical (unpaired) electrons. The van der Waals surface area contributed by atoms with Crippen molar-refractivity contribution in [2.24, 2.45) is 5.10 Å². The smallest absolute Gasteiger partial charge is 0.192 e. The lowest BCUT2D eigenvalue weighted by Crippen LogP contribution is -2.48. The van der Waals surface area contributed by atoms with E-state index in [4.69, 9.17) is 14.6 Å². The summed E-state index contributed by atoms with van der Waals surface area (Å²) in [4.78, 5) is 0. The zero-order valence-electron chi connectivity index (χ0n) is 14.0. The van der Waals surface area contributed by atoms with Crippen LogP contribution in [0.1, 0.15) is 37.4 Å². The van der Waals surface area contributed by atoms with Gasteiger partial charge in [0.25, 0.3) is 0 Å². The Morgan fingerprint density at radius 3 is 2.83 bits per heavy atom. The molecule has 0 aromatic heterocycles. The van der Waals surface area contributed by atoms with Crippen molar-refractivity contribution in [1.29, 1.82) is 0 Å². The van der Waals surface area contributed by atoms with E-state index >= 15 is 0 Å². The van der Waals surface area contributed by atoms with Crippen LogP contribution in [0.5, 0.6) is 17.2 Å². The fourth-order valence-electron chi connectivity index (χ4n) is 3.45. The van der Waals surface area contributed by atoms with Gasteiger partial charge < -0.3 is 14.6 Å². The Morgan fingerprint density at radius 1 is 1.25 bits per heavy atom. The minimum absolute atomic E-state index is 0.102. The number of rotatable bonds is 2. The quantitative estimate of drug-likeness (QED) is 0.915. The zero-order valence-corrected chi connectivity index (χ0v) is 14.0. The van der Waals surface area contributed by atoms with E-state index in [1.165, 1.54) is 0 Å². The number of hydrogen-bond donors (Lipinski definition) is 1. The van der Waals surface area contributed by atoms with Gasteiger partial charge in [0, 0.05) is 17.5 Å². The van der Waals surface area contributed by atoms with E-state index in [0.29, 0.717) is 17.7 Å². The van der Waals surface area contributed by atoms with E-state index in [2.05, 4.69) is 6.07 Å². The summed E-state index contributed by atoms with van der Waals surface area (Å²) < 4.78 is 11.4. The Balaban J connectivity index is 1.78. The summed E-state index contributed by atoms with van der Waals surface area (Å²) in [5.74, 6) is 1.81. The molecule has 0 aliphatic carbocycles. The fraction of sp³-hybridized carbons (Fsp3) is 0.316. The van der Waals surface area contributed by atoms with Gasteiger partial charge in [-0.15, -0.1) is 0 Å². The number of phenolic OH excluding ortho intramolecular Hbond substituents is 1. The highest BCUT2D eigenvalue weighted by Crippen LogP contribution is 2.47. The van der Waals surface area contributed by atoms with Gasteiger partial charge in [0.1, 0.15) is 17.2 Å². The van der Waals surface area contributed by atoms with E-state index < -0.39 is 5.72 Å². The summed E-state index contributed by atoms with van der Waals surface area (Å²) in [6.45, 7) is 4.02. The minimum Gasteiger partial charge on any atom is -0.507 e. The molecule has 0 unspecified atom stereocenters. The maximum atomic E-state index is 10.3. The van der Waals surface area contributed by atoms with Gasteiger partial charge in [-0.25, -0.2) is 5.01 Å². The van der Waals surface area contributed by atoms with Gasteiger partial charge in [0.05, 0.1) is 18.9 Å².